The van der Waals surface area contributed by atoms with Crippen molar-refractivity contribution in [2.24, 2.45) is 0 Å². The highest BCUT2D eigenvalue weighted by Gasteiger charge is 2.18. The van der Waals surface area contributed by atoms with Gasteiger partial charge in [0.1, 0.15) is 11.5 Å². The minimum Gasteiger partial charge on any atom is -0.497 e. The number of aryl methyl sites for hydroxylation is 1. The summed E-state index contributed by atoms with van der Waals surface area (Å²) in [6.45, 7) is 5.19. The van der Waals surface area contributed by atoms with Gasteiger partial charge < -0.3 is 24.8 Å². The Kier molecular flexibility index (Phi) is 8.12. The van der Waals surface area contributed by atoms with E-state index < -0.39 is 5.56 Å². The van der Waals surface area contributed by atoms with Crippen LogP contribution in [0.5, 0.6) is 17.2 Å². The van der Waals surface area contributed by atoms with Gasteiger partial charge in [0, 0.05) is 24.4 Å². The van der Waals surface area contributed by atoms with E-state index in [0.717, 1.165) is 30.6 Å². The second kappa shape index (κ2) is 12.0. The molecule has 0 spiro atoms. The number of methoxy groups -OCH3 is 1. The number of anilines is 2. The number of hydrogen-bond donors (Lipinski definition) is 2. The predicted octanol–water partition coefficient (Wildman–Crippen LogP) is 5.30. The first kappa shape index (κ1) is 27.0. The van der Waals surface area contributed by atoms with E-state index in [1.54, 1.807) is 55.6 Å². The number of rotatable bonds is 9. The lowest BCUT2D eigenvalue weighted by Crippen LogP contribution is -2.31. The van der Waals surface area contributed by atoms with Crippen LogP contribution in [0.2, 0.25) is 0 Å². The molecule has 2 N–H and O–H groups in total. The Morgan fingerprint density at radius 2 is 1.82 bits per heavy atom. The molecule has 1 atom stereocenters. The van der Waals surface area contributed by atoms with Crippen LogP contribution in [0, 0.1) is 13.8 Å². The summed E-state index contributed by atoms with van der Waals surface area (Å²) in [5.41, 5.74) is 3.55. The lowest BCUT2D eigenvalue weighted by molar-refractivity contribution is 0.0858. The fourth-order valence-corrected chi connectivity index (χ4v) is 4.45. The van der Waals surface area contributed by atoms with Crippen LogP contribution >= 0.6 is 0 Å². The van der Waals surface area contributed by atoms with E-state index in [9.17, 15) is 9.59 Å². The minimum absolute atomic E-state index is 0.0694. The fraction of sp³-hybridized carbons (Fsp3) is 0.258. The minimum atomic E-state index is -0.397. The molecule has 1 unspecified atom stereocenters. The second-order valence-electron chi connectivity index (χ2n) is 9.65. The van der Waals surface area contributed by atoms with Gasteiger partial charge >= 0.3 is 0 Å². The average molecular weight is 541 g/mol. The van der Waals surface area contributed by atoms with E-state index in [2.05, 4.69) is 15.7 Å². The number of nitrogens with one attached hydrogen (secondary N) is 2. The zero-order chi connectivity index (χ0) is 28.1. The van der Waals surface area contributed by atoms with Crippen molar-refractivity contribution in [1.29, 1.82) is 0 Å². The Balaban J connectivity index is 1.43. The molecule has 40 heavy (non-hydrogen) atoms. The Morgan fingerprint density at radius 3 is 2.52 bits per heavy atom. The molecule has 206 valence electrons. The quantitative estimate of drug-likeness (QED) is 0.297. The third-order valence-corrected chi connectivity index (χ3v) is 6.97. The highest BCUT2D eigenvalue weighted by Crippen LogP contribution is 2.32. The fourth-order valence-electron chi connectivity index (χ4n) is 4.45. The molecule has 0 saturated carbocycles. The molecule has 0 radical (unpaired) electrons. The van der Waals surface area contributed by atoms with Gasteiger partial charge in [-0.2, -0.15) is 9.78 Å². The summed E-state index contributed by atoms with van der Waals surface area (Å²) < 4.78 is 18.3. The summed E-state index contributed by atoms with van der Waals surface area (Å²) in [5.74, 6) is 1.41. The summed E-state index contributed by atoms with van der Waals surface area (Å²) in [5, 5.41) is 10.5. The molecule has 2 heterocycles. The average Bonchev–Trinajstić information content (AvgIpc) is 3.50. The second-order valence-corrected chi connectivity index (χ2v) is 9.65. The van der Waals surface area contributed by atoms with E-state index in [4.69, 9.17) is 14.2 Å². The van der Waals surface area contributed by atoms with E-state index in [0.29, 0.717) is 35.0 Å². The normalized spacial score (nSPS) is 14.5. The van der Waals surface area contributed by atoms with E-state index >= 15 is 0 Å². The van der Waals surface area contributed by atoms with Gasteiger partial charge in [0.25, 0.3) is 11.5 Å². The monoisotopic (exact) mass is 540 g/mol. The van der Waals surface area contributed by atoms with Gasteiger partial charge in [-0.25, -0.2) is 0 Å². The van der Waals surface area contributed by atoms with Crippen molar-refractivity contribution in [3.63, 3.8) is 0 Å². The number of amides is 1. The van der Waals surface area contributed by atoms with Crippen LogP contribution < -0.4 is 25.7 Å². The van der Waals surface area contributed by atoms with Crippen molar-refractivity contribution < 1.29 is 19.0 Å². The van der Waals surface area contributed by atoms with Crippen molar-refractivity contribution in [1.82, 2.24) is 15.1 Å². The lowest BCUT2D eigenvalue weighted by atomic mass is 10.1. The van der Waals surface area contributed by atoms with Crippen LogP contribution in [0.1, 0.15) is 34.3 Å². The maximum absolute atomic E-state index is 13.7. The molecule has 4 aromatic rings. The van der Waals surface area contributed by atoms with Gasteiger partial charge in [-0.15, -0.1) is 0 Å². The molecule has 1 saturated heterocycles. The maximum Gasteiger partial charge on any atom is 0.299 e. The number of carbonyl (C=O) groups excluding carboxylic acids is 1. The number of benzene rings is 3. The molecule has 0 bridgehead atoms. The molecule has 9 heteroatoms. The van der Waals surface area contributed by atoms with Crippen LogP contribution in [0.15, 0.2) is 77.7 Å². The van der Waals surface area contributed by atoms with Gasteiger partial charge in [-0.05, 0) is 92.4 Å². The van der Waals surface area contributed by atoms with Crippen molar-refractivity contribution in [2.45, 2.75) is 32.8 Å². The summed E-state index contributed by atoms with van der Waals surface area (Å²) in [6.07, 6.45) is 3.56. The largest absolute Gasteiger partial charge is 0.497 e. The molecular weight excluding hydrogens is 508 g/mol. The Bertz CT molecular complexity index is 1540. The lowest BCUT2D eigenvalue weighted by Gasteiger charge is -2.16. The zero-order valence-electron chi connectivity index (χ0n) is 22.8. The zero-order valence-corrected chi connectivity index (χ0v) is 22.8. The molecular formula is C31H32N4O5. The number of nitrogens with zero attached hydrogens (tertiary/aromatic N) is 2. The third kappa shape index (κ3) is 6.00. The molecule has 1 amide bonds. The molecule has 3 aromatic carbocycles. The van der Waals surface area contributed by atoms with Crippen LogP contribution in [0.25, 0.3) is 5.69 Å². The maximum atomic E-state index is 13.7. The smallest absolute Gasteiger partial charge is 0.299 e. The van der Waals surface area contributed by atoms with Gasteiger partial charge in [0.15, 0.2) is 11.4 Å². The number of ether oxygens (including phenoxy) is 3. The predicted molar refractivity (Wildman–Crippen MR) is 153 cm³/mol. The van der Waals surface area contributed by atoms with E-state index in [1.165, 1.54) is 10.9 Å². The van der Waals surface area contributed by atoms with E-state index in [1.807, 2.05) is 32.0 Å². The summed E-state index contributed by atoms with van der Waals surface area (Å²) >= 11 is 0. The van der Waals surface area contributed by atoms with Gasteiger partial charge in [-0.1, -0.05) is 12.1 Å². The summed E-state index contributed by atoms with van der Waals surface area (Å²) in [4.78, 5) is 26.3. The summed E-state index contributed by atoms with van der Waals surface area (Å²) in [6, 6.07) is 19.7. The number of carbonyl (C=O) groups is 1. The van der Waals surface area contributed by atoms with Crippen molar-refractivity contribution >= 4 is 17.3 Å². The Hall–Kier alpha value is -4.63. The van der Waals surface area contributed by atoms with Crippen molar-refractivity contribution in [2.75, 3.05) is 25.6 Å². The van der Waals surface area contributed by atoms with Gasteiger partial charge in [0.05, 0.1) is 25.1 Å². The summed E-state index contributed by atoms with van der Waals surface area (Å²) in [7, 11) is 1.58. The first-order valence-corrected chi connectivity index (χ1v) is 13.2. The number of aromatic nitrogens is 2. The molecule has 0 aliphatic carbocycles. The molecule has 5 rings (SSSR count). The SMILES string of the molecule is COc1ccc(-n2ncc(Oc3cccc(C)c3C)c(Nc3ccc(C(=O)NCC4CCCO4)cc3)c2=O)cc1. The number of hydrogen-bond acceptors (Lipinski definition) is 7. The highest BCUT2D eigenvalue weighted by molar-refractivity contribution is 5.94. The highest BCUT2D eigenvalue weighted by atomic mass is 16.5. The molecule has 9 nitrogen and oxygen atoms in total. The first-order chi connectivity index (χ1) is 19.4. The standard InChI is InChI=1S/C31H32N4O5/c1-20-6-4-8-27(21(20)2)40-28-19-33-35(24-13-15-25(38-3)16-14-24)31(37)29(28)34-23-11-9-22(10-12-23)30(36)32-18-26-7-5-17-39-26/h4,6,8-16,19,26,34H,5,7,17-18H2,1-3H3,(H,32,36). The van der Waals surface area contributed by atoms with Crippen LogP contribution in [-0.2, 0) is 4.74 Å². The van der Waals surface area contributed by atoms with Crippen molar-refractivity contribution in [3.05, 3.63) is 100.0 Å². The molecule has 1 aliphatic heterocycles. The van der Waals surface area contributed by atoms with Crippen molar-refractivity contribution in [3.8, 4) is 22.9 Å². The third-order valence-electron chi connectivity index (χ3n) is 6.97. The van der Waals surface area contributed by atoms with Gasteiger partial charge in [0.2, 0.25) is 0 Å². The van der Waals surface area contributed by atoms with Crippen LogP contribution in [0.4, 0.5) is 11.4 Å². The molecule has 1 aliphatic rings. The van der Waals surface area contributed by atoms with Crippen LogP contribution in [0.3, 0.4) is 0 Å². The first-order valence-electron chi connectivity index (χ1n) is 13.2. The molecule has 1 aromatic heterocycles. The Morgan fingerprint density at radius 1 is 1.05 bits per heavy atom. The molecule has 1 fully saturated rings. The topological polar surface area (TPSA) is 104 Å². The van der Waals surface area contributed by atoms with E-state index in [-0.39, 0.29) is 23.4 Å². The van der Waals surface area contributed by atoms with Crippen LogP contribution in [-0.4, -0.2) is 42.1 Å². The van der Waals surface area contributed by atoms with Gasteiger partial charge in [-0.3, -0.25) is 9.59 Å². The Labute approximate surface area is 232 Å².